The number of pyridine rings is 1. The van der Waals surface area contributed by atoms with E-state index in [0.29, 0.717) is 24.2 Å². The van der Waals surface area contributed by atoms with Gasteiger partial charge < -0.3 is 15.0 Å². The molecule has 0 amide bonds. The summed E-state index contributed by atoms with van der Waals surface area (Å²) >= 11 is 0. The van der Waals surface area contributed by atoms with Gasteiger partial charge in [0.2, 0.25) is 0 Å². The number of fused-ring (bicyclic) bond motifs is 3. The Balaban J connectivity index is 1.86. The molecule has 1 fully saturated rings. The number of hydrogen-bond acceptors (Lipinski definition) is 3. The van der Waals surface area contributed by atoms with Crippen LogP contribution in [0.4, 0.5) is 13.2 Å². The predicted octanol–water partition coefficient (Wildman–Crippen LogP) is 3.40. The van der Waals surface area contributed by atoms with Gasteiger partial charge in [0, 0.05) is 35.6 Å². The number of aromatic nitrogens is 2. The van der Waals surface area contributed by atoms with E-state index in [4.69, 9.17) is 4.74 Å². The Bertz CT molecular complexity index is 866. The Morgan fingerprint density at radius 3 is 2.78 bits per heavy atom. The van der Waals surface area contributed by atoms with Gasteiger partial charge in [-0.15, -0.1) is 0 Å². The van der Waals surface area contributed by atoms with Gasteiger partial charge in [0.25, 0.3) is 0 Å². The summed E-state index contributed by atoms with van der Waals surface area (Å²) in [6.07, 6.45) is -3.64. The number of nitrogens with one attached hydrogen (secondary N) is 2. The molecule has 1 saturated heterocycles. The van der Waals surface area contributed by atoms with Gasteiger partial charge in [-0.25, -0.2) is 4.98 Å². The minimum absolute atomic E-state index is 0.0862. The summed E-state index contributed by atoms with van der Waals surface area (Å²) in [5.74, 6) is 0. The molecule has 23 heavy (non-hydrogen) atoms. The molecule has 1 unspecified atom stereocenters. The third-order valence-corrected chi connectivity index (χ3v) is 4.10. The number of nitrogens with zero attached hydrogens (tertiary/aromatic N) is 1. The first-order chi connectivity index (χ1) is 11.0. The maximum Gasteiger partial charge on any atom is 0.417 e. The van der Waals surface area contributed by atoms with E-state index in [-0.39, 0.29) is 6.10 Å². The van der Waals surface area contributed by atoms with Crippen LogP contribution in [0.15, 0.2) is 30.5 Å². The second kappa shape index (κ2) is 5.21. The zero-order chi connectivity index (χ0) is 16.0. The van der Waals surface area contributed by atoms with Crippen LogP contribution in [0.25, 0.3) is 21.9 Å². The van der Waals surface area contributed by atoms with E-state index in [2.05, 4.69) is 15.3 Å². The van der Waals surface area contributed by atoms with Crippen LogP contribution in [-0.2, 0) is 10.9 Å². The fourth-order valence-corrected chi connectivity index (χ4v) is 2.93. The smallest absolute Gasteiger partial charge is 0.371 e. The second-order valence-corrected chi connectivity index (χ2v) is 5.61. The van der Waals surface area contributed by atoms with Crippen molar-refractivity contribution in [1.82, 2.24) is 15.3 Å². The average Bonchev–Trinajstić information content (AvgIpc) is 2.92. The molecule has 1 aliphatic heterocycles. The summed E-state index contributed by atoms with van der Waals surface area (Å²) in [6.45, 7) is 2.13. The minimum atomic E-state index is -4.40. The van der Waals surface area contributed by atoms with Crippen LogP contribution < -0.4 is 5.32 Å². The molecule has 3 heterocycles. The highest BCUT2D eigenvalue weighted by Gasteiger charge is 2.31. The van der Waals surface area contributed by atoms with Gasteiger partial charge in [0.05, 0.1) is 18.3 Å². The molecule has 3 aromatic rings. The molecule has 7 heteroatoms. The zero-order valence-electron chi connectivity index (χ0n) is 12.1. The largest absolute Gasteiger partial charge is 0.417 e. The number of aromatic amines is 1. The van der Waals surface area contributed by atoms with Gasteiger partial charge in [-0.05, 0) is 23.8 Å². The van der Waals surface area contributed by atoms with Crippen LogP contribution in [0, 0.1) is 0 Å². The number of hydrogen-bond donors (Lipinski definition) is 2. The Hall–Kier alpha value is -2.12. The lowest BCUT2D eigenvalue weighted by Gasteiger charge is -2.24. The monoisotopic (exact) mass is 321 g/mol. The molecule has 4 rings (SSSR count). The number of alkyl halides is 3. The van der Waals surface area contributed by atoms with Crippen LogP contribution >= 0.6 is 0 Å². The van der Waals surface area contributed by atoms with Crippen molar-refractivity contribution < 1.29 is 17.9 Å². The van der Waals surface area contributed by atoms with Crippen molar-refractivity contribution in [1.29, 1.82) is 0 Å². The first-order valence-electron chi connectivity index (χ1n) is 7.33. The molecule has 0 radical (unpaired) electrons. The van der Waals surface area contributed by atoms with Crippen LogP contribution in [0.3, 0.4) is 0 Å². The predicted molar refractivity (Wildman–Crippen MR) is 80.2 cm³/mol. The van der Waals surface area contributed by atoms with E-state index in [0.717, 1.165) is 35.3 Å². The molecule has 0 saturated carbocycles. The van der Waals surface area contributed by atoms with E-state index in [1.807, 2.05) is 18.2 Å². The van der Waals surface area contributed by atoms with E-state index >= 15 is 0 Å². The van der Waals surface area contributed by atoms with Gasteiger partial charge >= 0.3 is 6.18 Å². The number of H-pyrrole nitrogens is 1. The highest BCUT2D eigenvalue weighted by Crippen LogP contribution is 2.34. The van der Waals surface area contributed by atoms with E-state index in [1.54, 1.807) is 0 Å². The van der Waals surface area contributed by atoms with Crippen molar-refractivity contribution in [3.8, 4) is 0 Å². The van der Waals surface area contributed by atoms with Gasteiger partial charge in [-0.2, -0.15) is 13.2 Å². The maximum atomic E-state index is 12.9. The zero-order valence-corrected chi connectivity index (χ0v) is 12.1. The fourth-order valence-electron chi connectivity index (χ4n) is 2.93. The maximum absolute atomic E-state index is 12.9. The van der Waals surface area contributed by atoms with Crippen LogP contribution in [0.1, 0.15) is 17.2 Å². The van der Waals surface area contributed by atoms with Crippen LogP contribution in [-0.4, -0.2) is 29.7 Å². The molecular formula is C16H14F3N3O. The van der Waals surface area contributed by atoms with Crippen molar-refractivity contribution in [3.63, 3.8) is 0 Å². The lowest BCUT2D eigenvalue weighted by Crippen LogP contribution is -2.33. The van der Waals surface area contributed by atoms with Gasteiger partial charge in [0.1, 0.15) is 5.65 Å². The lowest BCUT2D eigenvalue weighted by molar-refractivity contribution is -0.137. The van der Waals surface area contributed by atoms with Crippen molar-refractivity contribution in [3.05, 3.63) is 41.6 Å². The number of halogens is 3. The summed E-state index contributed by atoms with van der Waals surface area (Å²) < 4.78 is 44.5. The summed E-state index contributed by atoms with van der Waals surface area (Å²) in [7, 11) is 0. The molecule has 120 valence electrons. The third-order valence-electron chi connectivity index (χ3n) is 4.10. The number of morpholine rings is 1. The van der Waals surface area contributed by atoms with Crippen molar-refractivity contribution >= 4 is 21.9 Å². The molecule has 0 aliphatic carbocycles. The summed E-state index contributed by atoms with van der Waals surface area (Å²) in [5, 5.41) is 4.45. The van der Waals surface area contributed by atoms with E-state index in [1.165, 1.54) is 0 Å². The third kappa shape index (κ3) is 2.55. The SMILES string of the molecule is FC(F)(F)c1cnc2[nH]c3ccc(C4CNCCO4)cc3c2c1. The van der Waals surface area contributed by atoms with Gasteiger partial charge in [-0.3, -0.25) is 0 Å². The fraction of sp³-hybridized carbons (Fsp3) is 0.312. The molecule has 1 aliphatic rings. The van der Waals surface area contributed by atoms with Gasteiger partial charge in [-0.1, -0.05) is 6.07 Å². The average molecular weight is 321 g/mol. The Labute approximate surface area is 129 Å². The number of benzene rings is 1. The van der Waals surface area contributed by atoms with Crippen molar-refractivity contribution in [2.45, 2.75) is 12.3 Å². The molecule has 1 atom stereocenters. The quantitative estimate of drug-likeness (QED) is 0.722. The standard InChI is InChI=1S/C16H14F3N3O/c17-16(18,19)10-6-12-11-5-9(14-8-20-3-4-23-14)1-2-13(11)22-15(12)21-7-10/h1-2,5-7,14,20H,3-4,8H2,(H,21,22). The molecule has 0 bridgehead atoms. The lowest BCUT2D eigenvalue weighted by atomic mass is 10.0. The van der Waals surface area contributed by atoms with Crippen LogP contribution in [0.2, 0.25) is 0 Å². The summed E-state index contributed by atoms with van der Waals surface area (Å²) in [6, 6.07) is 6.82. The Morgan fingerprint density at radius 2 is 2.04 bits per heavy atom. The van der Waals surface area contributed by atoms with E-state index in [9.17, 15) is 13.2 Å². The number of rotatable bonds is 1. The van der Waals surface area contributed by atoms with E-state index < -0.39 is 11.7 Å². The molecule has 2 aromatic heterocycles. The Kier molecular flexibility index (Phi) is 3.28. The van der Waals surface area contributed by atoms with Crippen molar-refractivity contribution in [2.24, 2.45) is 0 Å². The topological polar surface area (TPSA) is 49.9 Å². The number of ether oxygens (including phenoxy) is 1. The molecule has 0 spiro atoms. The summed E-state index contributed by atoms with van der Waals surface area (Å²) in [5.41, 5.74) is 1.42. The molecule has 2 N–H and O–H groups in total. The Morgan fingerprint density at radius 1 is 1.17 bits per heavy atom. The second-order valence-electron chi connectivity index (χ2n) is 5.61. The summed E-state index contributed by atoms with van der Waals surface area (Å²) in [4.78, 5) is 6.96. The highest BCUT2D eigenvalue weighted by molar-refractivity contribution is 6.06. The molecule has 4 nitrogen and oxygen atoms in total. The molecular weight excluding hydrogens is 307 g/mol. The molecule has 1 aromatic carbocycles. The van der Waals surface area contributed by atoms with Gasteiger partial charge in [0.15, 0.2) is 0 Å². The first-order valence-corrected chi connectivity index (χ1v) is 7.33. The highest BCUT2D eigenvalue weighted by atomic mass is 19.4. The normalized spacial score (nSPS) is 19.5. The minimum Gasteiger partial charge on any atom is -0.371 e. The van der Waals surface area contributed by atoms with Crippen LogP contribution in [0.5, 0.6) is 0 Å². The first kappa shape index (κ1) is 14.5. The van der Waals surface area contributed by atoms with Crippen molar-refractivity contribution in [2.75, 3.05) is 19.7 Å².